The molecule has 0 heterocycles. The first kappa shape index (κ1) is 14.0. The number of carbonyl (C=O) groups is 1. The van der Waals surface area contributed by atoms with Gasteiger partial charge in [-0.15, -0.1) is 0 Å². The Morgan fingerprint density at radius 3 is 2.63 bits per heavy atom. The van der Waals surface area contributed by atoms with E-state index in [-0.39, 0.29) is 11.9 Å². The maximum absolute atomic E-state index is 12.2. The van der Waals surface area contributed by atoms with Crippen LogP contribution in [0.4, 0.5) is 0 Å². The Hall–Kier alpha value is -1.39. The van der Waals surface area contributed by atoms with Crippen LogP contribution in [0.3, 0.4) is 0 Å². The largest absolute Gasteiger partial charge is 0.391 e. The van der Waals surface area contributed by atoms with Gasteiger partial charge in [0.05, 0.1) is 12.1 Å². The van der Waals surface area contributed by atoms with Gasteiger partial charge in [-0.2, -0.15) is 0 Å². The molecule has 1 aromatic carbocycles. The lowest BCUT2D eigenvalue weighted by molar-refractivity contribution is -0.133. The molecule has 4 heteroatoms. The number of hydrogen-bond donors (Lipinski definition) is 2. The van der Waals surface area contributed by atoms with E-state index in [0.29, 0.717) is 0 Å². The van der Waals surface area contributed by atoms with Crippen LogP contribution in [0, 0.1) is 0 Å². The van der Waals surface area contributed by atoms with Gasteiger partial charge in [0.15, 0.2) is 6.10 Å². The fourth-order valence-corrected chi connectivity index (χ4v) is 2.56. The van der Waals surface area contributed by atoms with Crippen molar-refractivity contribution in [2.45, 2.75) is 43.9 Å². The molecule has 0 spiro atoms. The lowest BCUT2D eigenvalue weighted by Gasteiger charge is -2.29. The number of rotatable bonds is 4. The SMILES string of the molecule is COC(C(=O)N[C@@H]1CCCC[C@H]1O)c1ccccc1. The van der Waals surface area contributed by atoms with Crippen LogP contribution in [0.2, 0.25) is 0 Å². The summed E-state index contributed by atoms with van der Waals surface area (Å²) in [6.45, 7) is 0. The predicted octanol–water partition coefficient (Wildman–Crippen LogP) is 1.79. The van der Waals surface area contributed by atoms with Crippen molar-refractivity contribution in [2.75, 3.05) is 7.11 Å². The molecule has 1 aromatic rings. The summed E-state index contributed by atoms with van der Waals surface area (Å²) in [5.41, 5.74) is 0.827. The zero-order valence-corrected chi connectivity index (χ0v) is 11.2. The van der Waals surface area contributed by atoms with E-state index in [2.05, 4.69) is 5.32 Å². The summed E-state index contributed by atoms with van der Waals surface area (Å²) in [7, 11) is 1.52. The third-order valence-corrected chi connectivity index (χ3v) is 3.63. The van der Waals surface area contributed by atoms with Gasteiger partial charge in [0.2, 0.25) is 0 Å². The highest BCUT2D eigenvalue weighted by atomic mass is 16.5. The summed E-state index contributed by atoms with van der Waals surface area (Å²) in [5.74, 6) is -0.181. The van der Waals surface area contributed by atoms with Crippen molar-refractivity contribution in [3.63, 3.8) is 0 Å². The van der Waals surface area contributed by atoms with E-state index >= 15 is 0 Å². The molecule has 1 aliphatic carbocycles. The van der Waals surface area contributed by atoms with Gasteiger partial charge in [-0.3, -0.25) is 4.79 Å². The fourth-order valence-electron chi connectivity index (χ4n) is 2.56. The minimum atomic E-state index is -0.615. The molecule has 3 atom stereocenters. The topological polar surface area (TPSA) is 58.6 Å². The highest BCUT2D eigenvalue weighted by Crippen LogP contribution is 2.21. The lowest BCUT2D eigenvalue weighted by atomic mass is 9.92. The van der Waals surface area contributed by atoms with Crippen molar-refractivity contribution in [3.05, 3.63) is 35.9 Å². The number of aliphatic hydroxyl groups excluding tert-OH is 1. The van der Waals surface area contributed by atoms with Crippen LogP contribution >= 0.6 is 0 Å². The van der Waals surface area contributed by atoms with Gasteiger partial charge in [-0.25, -0.2) is 0 Å². The maximum atomic E-state index is 12.2. The van der Waals surface area contributed by atoms with Gasteiger partial charge < -0.3 is 15.2 Å². The minimum Gasteiger partial charge on any atom is -0.391 e. The van der Waals surface area contributed by atoms with Gasteiger partial charge in [0.25, 0.3) is 5.91 Å². The molecular weight excluding hydrogens is 242 g/mol. The number of methoxy groups -OCH3 is 1. The molecule has 0 radical (unpaired) electrons. The Labute approximate surface area is 113 Å². The van der Waals surface area contributed by atoms with Crippen LogP contribution in [-0.2, 0) is 9.53 Å². The first-order valence-electron chi connectivity index (χ1n) is 6.78. The Morgan fingerprint density at radius 2 is 2.00 bits per heavy atom. The number of amides is 1. The van der Waals surface area contributed by atoms with Crippen LogP contribution in [0.1, 0.15) is 37.4 Å². The Morgan fingerprint density at radius 1 is 1.32 bits per heavy atom. The second-order valence-corrected chi connectivity index (χ2v) is 4.99. The first-order valence-corrected chi connectivity index (χ1v) is 6.78. The van der Waals surface area contributed by atoms with E-state index < -0.39 is 12.2 Å². The number of carbonyl (C=O) groups excluding carboxylic acids is 1. The summed E-state index contributed by atoms with van der Waals surface area (Å²) in [6, 6.07) is 9.24. The Bertz CT molecular complexity index is 407. The molecule has 1 aliphatic rings. The molecule has 1 fully saturated rings. The number of ether oxygens (including phenoxy) is 1. The van der Waals surface area contributed by atoms with E-state index in [1.807, 2.05) is 30.3 Å². The monoisotopic (exact) mass is 263 g/mol. The number of hydrogen-bond acceptors (Lipinski definition) is 3. The highest BCUT2D eigenvalue weighted by Gasteiger charge is 2.28. The van der Waals surface area contributed by atoms with E-state index in [9.17, 15) is 9.90 Å². The molecular formula is C15H21NO3. The highest BCUT2D eigenvalue weighted by molar-refractivity contribution is 5.82. The molecule has 0 bridgehead atoms. The molecule has 2 N–H and O–H groups in total. The van der Waals surface area contributed by atoms with E-state index in [0.717, 1.165) is 31.2 Å². The second kappa shape index (κ2) is 6.68. The van der Waals surface area contributed by atoms with E-state index in [1.54, 1.807) is 0 Å². The third-order valence-electron chi connectivity index (χ3n) is 3.63. The molecule has 4 nitrogen and oxygen atoms in total. The zero-order chi connectivity index (χ0) is 13.7. The molecule has 1 saturated carbocycles. The first-order chi connectivity index (χ1) is 9.22. The van der Waals surface area contributed by atoms with Crippen LogP contribution < -0.4 is 5.32 Å². The quantitative estimate of drug-likeness (QED) is 0.870. The summed E-state index contributed by atoms with van der Waals surface area (Å²) in [5, 5.41) is 12.8. The second-order valence-electron chi connectivity index (χ2n) is 4.99. The molecule has 0 aliphatic heterocycles. The van der Waals surface area contributed by atoms with Crippen molar-refractivity contribution in [2.24, 2.45) is 0 Å². The number of benzene rings is 1. The van der Waals surface area contributed by atoms with Crippen LogP contribution in [0.5, 0.6) is 0 Å². The molecule has 0 aromatic heterocycles. The molecule has 1 unspecified atom stereocenters. The smallest absolute Gasteiger partial charge is 0.254 e. The van der Waals surface area contributed by atoms with Crippen molar-refractivity contribution >= 4 is 5.91 Å². The molecule has 0 saturated heterocycles. The third kappa shape index (κ3) is 3.55. The maximum Gasteiger partial charge on any atom is 0.254 e. The zero-order valence-electron chi connectivity index (χ0n) is 11.2. The molecule has 19 heavy (non-hydrogen) atoms. The summed E-state index contributed by atoms with van der Waals surface area (Å²) < 4.78 is 5.28. The fraction of sp³-hybridized carbons (Fsp3) is 0.533. The summed E-state index contributed by atoms with van der Waals surface area (Å²) in [4.78, 5) is 12.2. The average Bonchev–Trinajstić information content (AvgIpc) is 2.43. The predicted molar refractivity (Wildman–Crippen MR) is 72.6 cm³/mol. The molecule has 2 rings (SSSR count). The van der Waals surface area contributed by atoms with E-state index in [1.165, 1.54) is 7.11 Å². The van der Waals surface area contributed by atoms with Gasteiger partial charge in [-0.1, -0.05) is 43.2 Å². The Balaban J connectivity index is 2.01. The van der Waals surface area contributed by atoms with Gasteiger partial charge in [0, 0.05) is 7.11 Å². The van der Waals surface area contributed by atoms with Crippen molar-refractivity contribution in [3.8, 4) is 0 Å². The van der Waals surface area contributed by atoms with Crippen molar-refractivity contribution < 1.29 is 14.6 Å². The van der Waals surface area contributed by atoms with Crippen LogP contribution in [0.25, 0.3) is 0 Å². The summed E-state index contributed by atoms with van der Waals surface area (Å²) >= 11 is 0. The molecule has 1 amide bonds. The average molecular weight is 263 g/mol. The summed E-state index contributed by atoms with van der Waals surface area (Å²) in [6.07, 6.45) is 2.61. The van der Waals surface area contributed by atoms with Crippen LogP contribution in [-0.4, -0.2) is 30.3 Å². The van der Waals surface area contributed by atoms with E-state index in [4.69, 9.17) is 4.74 Å². The molecule has 104 valence electrons. The van der Waals surface area contributed by atoms with Gasteiger partial charge in [0.1, 0.15) is 0 Å². The number of aliphatic hydroxyl groups is 1. The number of nitrogens with one attached hydrogen (secondary N) is 1. The minimum absolute atomic E-state index is 0.150. The lowest BCUT2D eigenvalue weighted by Crippen LogP contribution is -2.46. The van der Waals surface area contributed by atoms with Crippen molar-refractivity contribution in [1.29, 1.82) is 0 Å². The van der Waals surface area contributed by atoms with Gasteiger partial charge in [-0.05, 0) is 18.4 Å². The Kier molecular flexibility index (Phi) is 4.93. The normalized spacial score (nSPS) is 24.7. The van der Waals surface area contributed by atoms with Crippen molar-refractivity contribution in [1.82, 2.24) is 5.32 Å². The standard InChI is InChI=1S/C15H21NO3/c1-19-14(11-7-3-2-4-8-11)15(18)16-12-9-5-6-10-13(12)17/h2-4,7-8,12-14,17H,5-6,9-10H2,1H3,(H,16,18)/t12-,13-,14?/m1/s1. The van der Waals surface area contributed by atoms with Crippen LogP contribution in [0.15, 0.2) is 30.3 Å². The van der Waals surface area contributed by atoms with Gasteiger partial charge >= 0.3 is 0 Å².